The van der Waals surface area contributed by atoms with Crippen molar-refractivity contribution in [2.75, 3.05) is 0 Å². The molecule has 288 valence electrons. The smallest absolute Gasteiger partial charge is 0.160 e. The molecule has 2 aromatic heterocycles. The molecule has 0 fully saturated rings. The Morgan fingerprint density at radius 3 is 1.55 bits per heavy atom. The van der Waals surface area contributed by atoms with Crippen molar-refractivity contribution in [3.8, 4) is 67.5 Å². The Labute approximate surface area is 358 Å². The summed E-state index contributed by atoms with van der Waals surface area (Å²) < 4.78 is 0. The van der Waals surface area contributed by atoms with E-state index in [4.69, 9.17) is 19.9 Å². The normalized spacial score (nSPS) is 11.5. The van der Waals surface area contributed by atoms with Gasteiger partial charge in [-0.05, 0) is 91.6 Å². The van der Waals surface area contributed by atoms with Crippen molar-refractivity contribution < 1.29 is 0 Å². The minimum Gasteiger partial charge on any atom is -0.228 e. The first-order valence-corrected chi connectivity index (χ1v) is 21.0. The molecular weight excluding hydrogens is 753 g/mol. The molecule has 0 aliphatic carbocycles. The first-order valence-electron chi connectivity index (χ1n) is 21.0. The molecule has 4 nitrogen and oxygen atoms in total. The lowest BCUT2D eigenvalue weighted by Gasteiger charge is -2.16. The number of hydrogen-bond donors (Lipinski definition) is 0. The highest BCUT2D eigenvalue weighted by molar-refractivity contribution is 6.14. The zero-order chi connectivity index (χ0) is 41.0. The second-order valence-corrected chi connectivity index (χ2v) is 15.8. The first-order chi connectivity index (χ1) is 30.7. The Morgan fingerprint density at radius 2 is 0.774 bits per heavy atom. The summed E-state index contributed by atoms with van der Waals surface area (Å²) in [6.07, 6.45) is 0. The molecule has 10 aromatic carbocycles. The Bertz CT molecular complexity index is 3690. The summed E-state index contributed by atoms with van der Waals surface area (Å²) in [6.45, 7) is 0. The second kappa shape index (κ2) is 14.7. The van der Waals surface area contributed by atoms with Crippen molar-refractivity contribution in [3.05, 3.63) is 218 Å². The van der Waals surface area contributed by atoms with Gasteiger partial charge in [0.05, 0.1) is 22.4 Å². The Hall–Kier alpha value is -8.34. The molecule has 0 saturated heterocycles. The Kier molecular flexibility index (Phi) is 8.46. The lowest BCUT2D eigenvalue weighted by atomic mass is 9.91. The molecule has 0 radical (unpaired) electrons. The molecular formula is C58H36N4. The van der Waals surface area contributed by atoms with Crippen molar-refractivity contribution in [3.63, 3.8) is 0 Å². The van der Waals surface area contributed by atoms with E-state index in [1.165, 1.54) is 21.5 Å². The molecule has 0 saturated carbocycles. The molecule has 0 spiro atoms. The summed E-state index contributed by atoms with van der Waals surface area (Å²) in [7, 11) is 0. The van der Waals surface area contributed by atoms with Crippen molar-refractivity contribution in [1.29, 1.82) is 0 Å². The number of nitrogens with zero attached hydrogens (tertiary/aromatic N) is 4. The van der Waals surface area contributed by atoms with E-state index in [-0.39, 0.29) is 0 Å². The van der Waals surface area contributed by atoms with Crippen LogP contribution in [0.25, 0.3) is 122 Å². The number of fused-ring (bicyclic) bond motifs is 7. The topological polar surface area (TPSA) is 51.6 Å². The number of hydrogen-bond acceptors (Lipinski definition) is 4. The fourth-order valence-corrected chi connectivity index (χ4v) is 9.05. The zero-order valence-corrected chi connectivity index (χ0v) is 33.6. The van der Waals surface area contributed by atoms with Gasteiger partial charge in [0.15, 0.2) is 11.6 Å². The van der Waals surface area contributed by atoms with Gasteiger partial charge in [0.2, 0.25) is 0 Å². The molecule has 2 heterocycles. The van der Waals surface area contributed by atoms with Crippen LogP contribution >= 0.6 is 0 Å². The maximum absolute atomic E-state index is 5.53. The monoisotopic (exact) mass is 788 g/mol. The van der Waals surface area contributed by atoms with Crippen molar-refractivity contribution in [2.24, 2.45) is 0 Å². The fraction of sp³-hybridized carbons (Fsp3) is 0. The molecule has 4 heteroatoms. The van der Waals surface area contributed by atoms with E-state index in [9.17, 15) is 0 Å². The highest BCUT2D eigenvalue weighted by atomic mass is 14.9. The largest absolute Gasteiger partial charge is 0.228 e. The van der Waals surface area contributed by atoms with Gasteiger partial charge < -0.3 is 0 Å². The predicted octanol–water partition coefficient (Wildman–Crippen LogP) is 15.0. The van der Waals surface area contributed by atoms with Gasteiger partial charge in [-0.1, -0.05) is 176 Å². The van der Waals surface area contributed by atoms with Gasteiger partial charge in [-0.2, -0.15) is 0 Å². The number of benzene rings is 10. The van der Waals surface area contributed by atoms with Crippen LogP contribution in [0.2, 0.25) is 0 Å². The molecule has 12 rings (SSSR count). The minimum atomic E-state index is 0.631. The molecule has 0 aliphatic heterocycles. The van der Waals surface area contributed by atoms with Crippen LogP contribution < -0.4 is 0 Å². The second-order valence-electron chi connectivity index (χ2n) is 15.8. The SMILES string of the molecule is c1ccc(-c2cccc(-c3nc(-c4cc(-c5nc(-c6ccccc6)c6ccccc6n5)cc(-c5cc6ccccc6c6ccccc56)c4)nc4c3ccc3ccccc34)c2)cc1. The molecule has 62 heavy (non-hydrogen) atoms. The Morgan fingerprint density at radius 1 is 0.242 bits per heavy atom. The zero-order valence-electron chi connectivity index (χ0n) is 33.6. The average molecular weight is 789 g/mol. The number of rotatable bonds is 6. The third-order valence-electron chi connectivity index (χ3n) is 12.0. The van der Waals surface area contributed by atoms with Gasteiger partial charge >= 0.3 is 0 Å². The molecule has 0 atom stereocenters. The van der Waals surface area contributed by atoms with Gasteiger partial charge in [-0.15, -0.1) is 0 Å². The van der Waals surface area contributed by atoms with Crippen LogP contribution in [0.1, 0.15) is 0 Å². The van der Waals surface area contributed by atoms with Gasteiger partial charge in [0.25, 0.3) is 0 Å². The van der Waals surface area contributed by atoms with E-state index in [2.05, 4.69) is 206 Å². The maximum atomic E-state index is 5.53. The van der Waals surface area contributed by atoms with Crippen molar-refractivity contribution >= 4 is 54.1 Å². The average Bonchev–Trinajstić information content (AvgIpc) is 3.35. The molecule has 0 amide bonds. The van der Waals surface area contributed by atoms with Gasteiger partial charge in [-0.25, -0.2) is 19.9 Å². The molecule has 0 N–H and O–H groups in total. The van der Waals surface area contributed by atoms with E-state index in [0.717, 1.165) is 88.5 Å². The molecule has 0 unspecified atom stereocenters. The summed E-state index contributed by atoms with van der Waals surface area (Å²) in [6, 6.07) is 77.0. The van der Waals surface area contributed by atoms with Crippen LogP contribution in [-0.2, 0) is 0 Å². The van der Waals surface area contributed by atoms with Crippen molar-refractivity contribution in [1.82, 2.24) is 19.9 Å². The van der Waals surface area contributed by atoms with Crippen LogP contribution in [0, 0.1) is 0 Å². The molecule has 0 aliphatic rings. The van der Waals surface area contributed by atoms with Gasteiger partial charge in [0.1, 0.15) is 0 Å². The van der Waals surface area contributed by atoms with Crippen LogP contribution in [0.3, 0.4) is 0 Å². The van der Waals surface area contributed by atoms with Crippen LogP contribution in [-0.4, -0.2) is 19.9 Å². The number of para-hydroxylation sites is 1. The van der Waals surface area contributed by atoms with Crippen LogP contribution in [0.5, 0.6) is 0 Å². The minimum absolute atomic E-state index is 0.631. The summed E-state index contributed by atoms with van der Waals surface area (Å²) in [4.78, 5) is 21.6. The number of aromatic nitrogens is 4. The van der Waals surface area contributed by atoms with Gasteiger partial charge in [0, 0.05) is 38.4 Å². The highest BCUT2D eigenvalue weighted by Gasteiger charge is 2.19. The van der Waals surface area contributed by atoms with Crippen molar-refractivity contribution in [2.45, 2.75) is 0 Å². The van der Waals surface area contributed by atoms with E-state index < -0.39 is 0 Å². The lowest BCUT2D eigenvalue weighted by molar-refractivity contribution is 1.22. The highest BCUT2D eigenvalue weighted by Crippen LogP contribution is 2.41. The van der Waals surface area contributed by atoms with E-state index in [1.54, 1.807) is 0 Å². The van der Waals surface area contributed by atoms with Crippen LogP contribution in [0.4, 0.5) is 0 Å². The summed E-state index contributed by atoms with van der Waals surface area (Å²) in [5.74, 6) is 1.27. The van der Waals surface area contributed by atoms with E-state index in [1.807, 2.05) is 12.1 Å². The van der Waals surface area contributed by atoms with Crippen LogP contribution in [0.15, 0.2) is 218 Å². The third kappa shape index (κ3) is 6.16. The molecule has 0 bridgehead atoms. The standard InChI is InChI=1S/C58H36N4/c1-3-16-37(17-4-1)40-22-15-23-42(32-40)55-51-31-30-38-18-7-10-25-47(38)56(51)62-58(61-55)45-34-43(52-36-41-21-8-9-24-46(41)48-26-11-12-27-49(48)52)33-44(35-45)57-59-53-29-14-13-28-50(53)54(60-57)39-19-5-2-6-20-39/h1-36H. The molecule has 12 aromatic rings. The predicted molar refractivity (Wildman–Crippen MR) is 258 cm³/mol. The lowest BCUT2D eigenvalue weighted by Crippen LogP contribution is -1.99. The van der Waals surface area contributed by atoms with E-state index >= 15 is 0 Å². The quantitative estimate of drug-likeness (QED) is 0.158. The van der Waals surface area contributed by atoms with Gasteiger partial charge in [-0.3, -0.25) is 0 Å². The maximum Gasteiger partial charge on any atom is 0.160 e. The van der Waals surface area contributed by atoms with E-state index in [0.29, 0.717) is 11.6 Å². The fourth-order valence-electron chi connectivity index (χ4n) is 9.05. The Balaban J connectivity index is 1.16. The first kappa shape index (κ1) is 35.6. The third-order valence-corrected chi connectivity index (χ3v) is 12.0. The summed E-state index contributed by atoms with van der Waals surface area (Å²) in [5.41, 5.74) is 11.8. The summed E-state index contributed by atoms with van der Waals surface area (Å²) >= 11 is 0. The summed E-state index contributed by atoms with van der Waals surface area (Å²) in [5, 5.41) is 8.99.